The van der Waals surface area contributed by atoms with Gasteiger partial charge in [-0.05, 0) is 29.8 Å². The van der Waals surface area contributed by atoms with Gasteiger partial charge >= 0.3 is 12.2 Å². The van der Waals surface area contributed by atoms with E-state index in [1.807, 2.05) is 18.2 Å². The molecule has 0 aromatic heterocycles. The van der Waals surface area contributed by atoms with Gasteiger partial charge in [-0.3, -0.25) is 0 Å². The Morgan fingerprint density at radius 2 is 1.75 bits per heavy atom. The van der Waals surface area contributed by atoms with Crippen LogP contribution in [0.15, 0.2) is 54.6 Å². The van der Waals surface area contributed by atoms with Gasteiger partial charge in [0.15, 0.2) is 0 Å². The molecular formula is C17H17F3N2O2. The average Bonchev–Trinajstić information content (AvgIpc) is 2.57. The van der Waals surface area contributed by atoms with Crippen LogP contribution in [0.3, 0.4) is 0 Å². The molecule has 2 amide bonds. The number of amides is 2. The topological polar surface area (TPSA) is 50.4 Å². The summed E-state index contributed by atoms with van der Waals surface area (Å²) in [7, 11) is 0. The number of carbonyl (C=O) groups is 1. The highest BCUT2D eigenvalue weighted by atomic mass is 19.4. The second kappa shape index (κ2) is 8.24. The highest BCUT2D eigenvalue weighted by molar-refractivity contribution is 5.73. The predicted octanol–water partition coefficient (Wildman–Crippen LogP) is 3.58. The predicted molar refractivity (Wildman–Crippen MR) is 83.6 cm³/mol. The van der Waals surface area contributed by atoms with Crippen molar-refractivity contribution >= 4 is 6.03 Å². The van der Waals surface area contributed by atoms with Gasteiger partial charge in [-0.15, -0.1) is 0 Å². The first-order valence-corrected chi connectivity index (χ1v) is 7.31. The molecule has 0 fully saturated rings. The third-order valence-electron chi connectivity index (χ3n) is 3.11. The summed E-state index contributed by atoms with van der Waals surface area (Å²) < 4.78 is 43.2. The van der Waals surface area contributed by atoms with Gasteiger partial charge in [0.1, 0.15) is 12.4 Å². The first-order chi connectivity index (χ1) is 11.4. The number of alkyl halides is 3. The number of carbonyl (C=O) groups excluding carboxylic acids is 1. The maximum Gasteiger partial charge on any atom is 0.416 e. The van der Waals surface area contributed by atoms with Gasteiger partial charge in [0, 0.05) is 6.54 Å². The maximum absolute atomic E-state index is 12.6. The largest absolute Gasteiger partial charge is 0.492 e. The Morgan fingerprint density at radius 1 is 1.00 bits per heavy atom. The van der Waals surface area contributed by atoms with Crippen molar-refractivity contribution < 1.29 is 22.7 Å². The Labute approximate surface area is 137 Å². The van der Waals surface area contributed by atoms with E-state index < -0.39 is 17.8 Å². The van der Waals surface area contributed by atoms with E-state index in [2.05, 4.69) is 10.6 Å². The molecule has 0 heterocycles. The molecule has 0 unspecified atom stereocenters. The smallest absolute Gasteiger partial charge is 0.416 e. The monoisotopic (exact) mass is 338 g/mol. The van der Waals surface area contributed by atoms with Crippen molar-refractivity contribution in [1.82, 2.24) is 10.6 Å². The summed E-state index contributed by atoms with van der Waals surface area (Å²) in [5.74, 6) is 0.698. The molecule has 0 saturated heterocycles. The molecule has 0 radical (unpaired) electrons. The Bertz CT molecular complexity index is 660. The van der Waals surface area contributed by atoms with Gasteiger partial charge in [-0.1, -0.05) is 30.3 Å². The van der Waals surface area contributed by atoms with Gasteiger partial charge in [0.2, 0.25) is 0 Å². The van der Waals surface area contributed by atoms with Crippen molar-refractivity contribution in [3.63, 3.8) is 0 Å². The molecule has 2 rings (SSSR count). The van der Waals surface area contributed by atoms with Crippen LogP contribution < -0.4 is 15.4 Å². The van der Waals surface area contributed by atoms with Crippen molar-refractivity contribution in [1.29, 1.82) is 0 Å². The fraction of sp³-hybridized carbons (Fsp3) is 0.235. The molecule has 24 heavy (non-hydrogen) atoms. The Morgan fingerprint density at radius 3 is 2.46 bits per heavy atom. The second-order valence-corrected chi connectivity index (χ2v) is 4.97. The molecule has 128 valence electrons. The summed E-state index contributed by atoms with van der Waals surface area (Å²) in [5.41, 5.74) is -0.362. The summed E-state index contributed by atoms with van der Waals surface area (Å²) in [5, 5.41) is 5.07. The molecule has 4 nitrogen and oxygen atoms in total. The summed E-state index contributed by atoms with van der Waals surface area (Å²) in [6, 6.07) is 13.5. The number of rotatable bonds is 6. The van der Waals surface area contributed by atoms with Crippen LogP contribution >= 0.6 is 0 Å². The zero-order valence-corrected chi connectivity index (χ0v) is 12.8. The minimum Gasteiger partial charge on any atom is -0.492 e. The minimum absolute atomic E-state index is 0.00922. The van der Waals surface area contributed by atoms with Crippen LogP contribution in [0.1, 0.15) is 11.1 Å². The number of nitrogens with one attached hydrogen (secondary N) is 2. The lowest BCUT2D eigenvalue weighted by Gasteiger charge is -2.11. The van der Waals surface area contributed by atoms with Crippen molar-refractivity contribution in [2.75, 3.05) is 13.2 Å². The number of hydrogen-bond donors (Lipinski definition) is 2. The lowest BCUT2D eigenvalue weighted by atomic mass is 10.1. The van der Waals surface area contributed by atoms with Gasteiger partial charge in [0.05, 0.1) is 12.1 Å². The van der Waals surface area contributed by atoms with Crippen LogP contribution in [0.25, 0.3) is 0 Å². The molecule has 7 heteroatoms. The Balaban J connectivity index is 1.70. The zero-order valence-electron chi connectivity index (χ0n) is 12.8. The van der Waals surface area contributed by atoms with E-state index in [9.17, 15) is 18.0 Å². The normalized spacial score (nSPS) is 11.0. The summed E-state index contributed by atoms with van der Waals surface area (Å²) in [6.45, 7) is 0.583. The standard InChI is InChI=1S/C17H17F3N2O2/c18-17(19,20)14-6-4-5-13(11-14)12-22-16(23)21-9-10-24-15-7-2-1-3-8-15/h1-8,11H,9-10,12H2,(H2,21,22,23). The fourth-order valence-corrected chi connectivity index (χ4v) is 1.95. The van der Waals surface area contributed by atoms with E-state index >= 15 is 0 Å². The Kier molecular flexibility index (Phi) is 6.06. The van der Waals surface area contributed by atoms with Crippen molar-refractivity contribution in [3.8, 4) is 5.75 Å². The maximum atomic E-state index is 12.6. The number of benzene rings is 2. The number of ether oxygens (including phenoxy) is 1. The number of para-hydroxylation sites is 1. The van der Waals surface area contributed by atoms with Crippen molar-refractivity contribution in [2.45, 2.75) is 12.7 Å². The molecule has 0 aliphatic heterocycles. The van der Waals surface area contributed by atoms with Crippen LogP contribution in [-0.2, 0) is 12.7 Å². The van der Waals surface area contributed by atoms with E-state index in [-0.39, 0.29) is 13.1 Å². The molecule has 0 atom stereocenters. The van der Waals surface area contributed by atoms with E-state index in [4.69, 9.17) is 4.74 Å². The zero-order chi connectivity index (χ0) is 17.4. The Hall–Kier alpha value is -2.70. The molecule has 0 aliphatic rings. The van der Waals surface area contributed by atoms with Gasteiger partial charge in [0.25, 0.3) is 0 Å². The first-order valence-electron chi connectivity index (χ1n) is 7.31. The number of urea groups is 1. The third kappa shape index (κ3) is 5.83. The summed E-state index contributed by atoms with van der Waals surface area (Å²) in [6.07, 6.45) is -4.40. The summed E-state index contributed by atoms with van der Waals surface area (Å²) in [4.78, 5) is 11.6. The van der Waals surface area contributed by atoms with Crippen LogP contribution in [0.5, 0.6) is 5.75 Å². The van der Waals surface area contributed by atoms with Crippen LogP contribution in [0.4, 0.5) is 18.0 Å². The van der Waals surface area contributed by atoms with E-state index in [0.717, 1.165) is 12.1 Å². The van der Waals surface area contributed by atoms with E-state index in [1.165, 1.54) is 12.1 Å². The van der Waals surface area contributed by atoms with Crippen LogP contribution in [0, 0.1) is 0 Å². The lowest BCUT2D eigenvalue weighted by Crippen LogP contribution is -2.37. The molecule has 2 N–H and O–H groups in total. The fourth-order valence-electron chi connectivity index (χ4n) is 1.95. The molecule has 0 spiro atoms. The molecule has 0 aliphatic carbocycles. The van der Waals surface area contributed by atoms with E-state index in [0.29, 0.717) is 17.9 Å². The van der Waals surface area contributed by atoms with Crippen LogP contribution in [-0.4, -0.2) is 19.2 Å². The minimum atomic E-state index is -4.40. The molecule has 0 bridgehead atoms. The number of halogens is 3. The van der Waals surface area contributed by atoms with Crippen molar-refractivity contribution in [3.05, 3.63) is 65.7 Å². The van der Waals surface area contributed by atoms with Gasteiger partial charge in [-0.25, -0.2) is 4.79 Å². The highest BCUT2D eigenvalue weighted by Crippen LogP contribution is 2.29. The first kappa shape index (κ1) is 17.7. The highest BCUT2D eigenvalue weighted by Gasteiger charge is 2.30. The van der Waals surface area contributed by atoms with Crippen molar-refractivity contribution in [2.24, 2.45) is 0 Å². The summed E-state index contributed by atoms with van der Waals surface area (Å²) >= 11 is 0. The SMILES string of the molecule is O=C(NCCOc1ccccc1)NCc1cccc(C(F)(F)F)c1. The van der Waals surface area contributed by atoms with E-state index in [1.54, 1.807) is 12.1 Å². The number of hydrogen-bond acceptors (Lipinski definition) is 2. The lowest BCUT2D eigenvalue weighted by molar-refractivity contribution is -0.137. The molecular weight excluding hydrogens is 321 g/mol. The quantitative estimate of drug-likeness (QED) is 0.791. The second-order valence-electron chi connectivity index (χ2n) is 4.97. The van der Waals surface area contributed by atoms with Gasteiger partial charge < -0.3 is 15.4 Å². The average molecular weight is 338 g/mol. The van der Waals surface area contributed by atoms with Gasteiger partial charge in [-0.2, -0.15) is 13.2 Å². The molecule has 2 aromatic rings. The molecule has 0 saturated carbocycles. The third-order valence-corrected chi connectivity index (χ3v) is 3.11. The molecule has 2 aromatic carbocycles. The van der Waals surface area contributed by atoms with Crippen LogP contribution in [0.2, 0.25) is 0 Å².